The molecule has 0 saturated heterocycles. The van der Waals surface area contributed by atoms with Crippen molar-refractivity contribution in [3.63, 3.8) is 0 Å². The van der Waals surface area contributed by atoms with E-state index in [9.17, 15) is 13.6 Å². The van der Waals surface area contributed by atoms with E-state index in [1.807, 2.05) is 0 Å². The monoisotopic (exact) mass is 318 g/mol. The molecule has 1 aliphatic carbocycles. The Morgan fingerprint density at radius 1 is 1.22 bits per heavy atom. The van der Waals surface area contributed by atoms with Crippen molar-refractivity contribution in [3.8, 4) is 5.75 Å². The van der Waals surface area contributed by atoms with Crippen molar-refractivity contribution in [3.05, 3.63) is 59.4 Å². The van der Waals surface area contributed by atoms with Gasteiger partial charge in [-0.05, 0) is 31.4 Å². The molecule has 0 unspecified atom stereocenters. The van der Waals surface area contributed by atoms with Crippen molar-refractivity contribution in [1.29, 1.82) is 0 Å². The summed E-state index contributed by atoms with van der Waals surface area (Å²) in [4.78, 5) is 16.1. The molecule has 1 N–H and O–H groups in total. The molecule has 1 amide bonds. The minimum atomic E-state index is -0.698. The molecule has 120 valence electrons. The van der Waals surface area contributed by atoms with Gasteiger partial charge in [-0.2, -0.15) is 0 Å². The first-order chi connectivity index (χ1) is 11.1. The number of rotatable bonds is 5. The summed E-state index contributed by atoms with van der Waals surface area (Å²) in [7, 11) is 0. The molecule has 0 bridgehead atoms. The van der Waals surface area contributed by atoms with Gasteiger partial charge in [-0.3, -0.25) is 9.78 Å². The highest BCUT2D eigenvalue weighted by atomic mass is 19.1. The van der Waals surface area contributed by atoms with E-state index in [1.165, 1.54) is 6.20 Å². The molecule has 23 heavy (non-hydrogen) atoms. The molecule has 0 atom stereocenters. The van der Waals surface area contributed by atoms with Crippen LogP contribution < -0.4 is 10.1 Å². The summed E-state index contributed by atoms with van der Waals surface area (Å²) in [6.07, 6.45) is 4.67. The van der Waals surface area contributed by atoms with Gasteiger partial charge in [0, 0.05) is 30.4 Å². The van der Waals surface area contributed by atoms with Crippen LogP contribution in [-0.2, 0) is 6.61 Å². The predicted octanol–water partition coefficient (Wildman–Crippen LogP) is 3.22. The first-order valence-corrected chi connectivity index (χ1v) is 7.45. The van der Waals surface area contributed by atoms with Crippen molar-refractivity contribution in [2.24, 2.45) is 0 Å². The highest BCUT2D eigenvalue weighted by Crippen LogP contribution is 2.19. The lowest BCUT2D eigenvalue weighted by molar-refractivity contribution is 0.0916. The van der Waals surface area contributed by atoms with Crippen molar-refractivity contribution >= 4 is 5.91 Å². The van der Waals surface area contributed by atoms with E-state index in [4.69, 9.17) is 4.74 Å². The van der Waals surface area contributed by atoms with E-state index < -0.39 is 11.6 Å². The molecule has 1 fully saturated rings. The van der Waals surface area contributed by atoms with Crippen LogP contribution in [-0.4, -0.2) is 16.9 Å². The van der Waals surface area contributed by atoms with Crippen molar-refractivity contribution in [1.82, 2.24) is 10.3 Å². The molecule has 1 aromatic carbocycles. The number of hydrogen-bond donors (Lipinski definition) is 1. The molecular formula is C17H16F2N2O2. The molecule has 0 spiro atoms. The minimum absolute atomic E-state index is 0.0629. The number of nitrogens with one attached hydrogen (secondary N) is 1. The summed E-state index contributed by atoms with van der Waals surface area (Å²) in [5.41, 5.74) is 1.05. The number of ether oxygens (including phenoxy) is 1. The van der Waals surface area contributed by atoms with E-state index in [0.29, 0.717) is 11.3 Å². The van der Waals surface area contributed by atoms with Gasteiger partial charge in [0.25, 0.3) is 5.91 Å². The highest BCUT2D eigenvalue weighted by Gasteiger charge is 2.20. The van der Waals surface area contributed by atoms with Crippen LogP contribution in [0.4, 0.5) is 8.78 Å². The zero-order chi connectivity index (χ0) is 16.2. The van der Waals surface area contributed by atoms with E-state index in [1.54, 1.807) is 12.1 Å². The number of aromatic nitrogens is 1. The normalized spacial score (nSPS) is 14.2. The summed E-state index contributed by atoms with van der Waals surface area (Å²) < 4.78 is 31.4. The maximum absolute atomic E-state index is 13.1. The molecule has 4 nitrogen and oxygen atoms in total. The van der Waals surface area contributed by atoms with E-state index in [2.05, 4.69) is 10.3 Å². The van der Waals surface area contributed by atoms with Crippen LogP contribution in [0.25, 0.3) is 0 Å². The Hall–Kier alpha value is -2.50. The second kappa shape index (κ2) is 6.73. The summed E-state index contributed by atoms with van der Waals surface area (Å²) in [5, 5.41) is 2.93. The average molecular weight is 318 g/mol. The zero-order valence-electron chi connectivity index (χ0n) is 12.4. The van der Waals surface area contributed by atoms with Gasteiger partial charge in [0.05, 0.1) is 11.3 Å². The second-order valence-corrected chi connectivity index (χ2v) is 5.53. The van der Waals surface area contributed by atoms with Gasteiger partial charge in [0.1, 0.15) is 24.0 Å². The van der Waals surface area contributed by atoms with Crippen molar-refractivity contribution < 1.29 is 18.3 Å². The van der Waals surface area contributed by atoms with Gasteiger partial charge in [-0.25, -0.2) is 8.78 Å². The fraction of sp³-hybridized carbons (Fsp3) is 0.294. The molecule has 1 aliphatic rings. The maximum Gasteiger partial charge on any atom is 0.253 e. The van der Waals surface area contributed by atoms with Crippen molar-refractivity contribution in [2.75, 3.05) is 0 Å². The molecule has 1 heterocycles. The Morgan fingerprint density at radius 3 is 2.52 bits per heavy atom. The Labute approximate surface area is 132 Å². The Bertz CT molecular complexity index is 680. The van der Waals surface area contributed by atoms with E-state index in [0.717, 1.165) is 37.5 Å². The topological polar surface area (TPSA) is 51.2 Å². The Morgan fingerprint density at radius 2 is 1.96 bits per heavy atom. The number of pyridine rings is 1. The van der Waals surface area contributed by atoms with Gasteiger partial charge >= 0.3 is 0 Å². The number of carbonyl (C=O) groups excluding carboxylic acids is 1. The van der Waals surface area contributed by atoms with Gasteiger partial charge in [-0.1, -0.05) is 0 Å². The van der Waals surface area contributed by atoms with Crippen molar-refractivity contribution in [2.45, 2.75) is 31.9 Å². The van der Waals surface area contributed by atoms with Crippen LogP contribution in [0, 0.1) is 11.6 Å². The van der Waals surface area contributed by atoms with Crippen LogP contribution in [0.1, 0.15) is 35.3 Å². The molecule has 0 radical (unpaired) electrons. The zero-order valence-corrected chi connectivity index (χ0v) is 12.4. The third kappa shape index (κ3) is 4.03. The summed E-state index contributed by atoms with van der Waals surface area (Å²) in [6, 6.07) is 6.57. The number of nitrogens with zero attached hydrogens (tertiary/aromatic N) is 1. The lowest BCUT2D eigenvalue weighted by Crippen LogP contribution is -2.39. The van der Waals surface area contributed by atoms with Gasteiger partial charge < -0.3 is 10.1 Å². The molecule has 1 aromatic heterocycles. The lowest BCUT2D eigenvalue weighted by atomic mass is 9.93. The van der Waals surface area contributed by atoms with Crippen LogP contribution >= 0.6 is 0 Å². The SMILES string of the molecule is O=C(NC1CCC1)c1ccc(COc2cc(F)cc(F)c2)nc1. The summed E-state index contributed by atoms with van der Waals surface area (Å²) >= 11 is 0. The lowest BCUT2D eigenvalue weighted by Gasteiger charge is -2.26. The predicted molar refractivity (Wildman–Crippen MR) is 80.0 cm³/mol. The van der Waals surface area contributed by atoms with E-state index >= 15 is 0 Å². The fourth-order valence-corrected chi connectivity index (χ4v) is 2.23. The van der Waals surface area contributed by atoms with Crippen LogP contribution in [0.15, 0.2) is 36.5 Å². The summed E-state index contributed by atoms with van der Waals surface area (Å²) in [6.45, 7) is 0.0629. The number of hydrogen-bond acceptors (Lipinski definition) is 3. The number of halogens is 2. The second-order valence-electron chi connectivity index (χ2n) is 5.53. The molecule has 3 rings (SSSR count). The first-order valence-electron chi connectivity index (χ1n) is 7.45. The number of carbonyl (C=O) groups is 1. The third-order valence-electron chi connectivity index (χ3n) is 3.75. The largest absolute Gasteiger partial charge is 0.487 e. The van der Waals surface area contributed by atoms with E-state index in [-0.39, 0.29) is 24.3 Å². The van der Waals surface area contributed by atoms with Crippen LogP contribution in [0.3, 0.4) is 0 Å². The summed E-state index contributed by atoms with van der Waals surface area (Å²) in [5.74, 6) is -1.44. The number of amides is 1. The standard InChI is InChI=1S/C17H16F2N2O2/c18-12-6-13(19)8-16(7-12)23-10-15-5-4-11(9-20-15)17(22)21-14-2-1-3-14/h4-9,14H,1-3,10H2,(H,21,22). The third-order valence-corrected chi connectivity index (χ3v) is 3.75. The fourth-order valence-electron chi connectivity index (χ4n) is 2.23. The molecule has 6 heteroatoms. The smallest absolute Gasteiger partial charge is 0.253 e. The molecular weight excluding hydrogens is 302 g/mol. The maximum atomic E-state index is 13.1. The molecule has 0 aliphatic heterocycles. The molecule has 1 saturated carbocycles. The van der Waals surface area contributed by atoms with Gasteiger partial charge in [-0.15, -0.1) is 0 Å². The Balaban J connectivity index is 1.57. The van der Waals surface area contributed by atoms with Crippen LogP contribution in [0.2, 0.25) is 0 Å². The highest BCUT2D eigenvalue weighted by molar-refractivity contribution is 5.94. The molecule has 2 aromatic rings. The minimum Gasteiger partial charge on any atom is -0.487 e. The Kier molecular flexibility index (Phi) is 4.50. The first kappa shape index (κ1) is 15.4. The number of benzene rings is 1. The van der Waals surface area contributed by atoms with Gasteiger partial charge in [0.15, 0.2) is 0 Å². The van der Waals surface area contributed by atoms with Gasteiger partial charge in [0.2, 0.25) is 0 Å². The van der Waals surface area contributed by atoms with Crippen LogP contribution in [0.5, 0.6) is 5.75 Å². The average Bonchev–Trinajstić information content (AvgIpc) is 2.48. The quantitative estimate of drug-likeness (QED) is 0.921.